The summed E-state index contributed by atoms with van der Waals surface area (Å²) in [5.41, 5.74) is 4.06. The number of halogens is 2. The van der Waals surface area contributed by atoms with Crippen molar-refractivity contribution >= 4 is 46.3 Å². The summed E-state index contributed by atoms with van der Waals surface area (Å²) in [6, 6.07) is 15.5. The van der Waals surface area contributed by atoms with Crippen LogP contribution in [0.4, 0.5) is 0 Å². The molecule has 1 amide bonds. The van der Waals surface area contributed by atoms with Crippen LogP contribution in [0.2, 0.25) is 5.02 Å². The van der Waals surface area contributed by atoms with E-state index in [0.717, 1.165) is 9.13 Å². The maximum absolute atomic E-state index is 12.3. The van der Waals surface area contributed by atoms with Crippen LogP contribution in [0.5, 0.6) is 23.0 Å². The van der Waals surface area contributed by atoms with Crippen molar-refractivity contribution in [2.45, 2.75) is 13.5 Å². The van der Waals surface area contributed by atoms with E-state index in [1.54, 1.807) is 12.1 Å². The van der Waals surface area contributed by atoms with Gasteiger partial charge in [-0.25, -0.2) is 5.43 Å². The van der Waals surface area contributed by atoms with Gasteiger partial charge in [-0.2, -0.15) is 5.10 Å². The molecule has 0 aromatic heterocycles. The second kappa shape index (κ2) is 11.8. The van der Waals surface area contributed by atoms with E-state index in [1.165, 1.54) is 25.5 Å². The molecule has 0 aliphatic rings. The molecule has 7 nitrogen and oxygen atoms in total. The molecule has 3 aromatic carbocycles. The number of carbonyl (C=O) groups is 1. The molecule has 0 atom stereocenters. The van der Waals surface area contributed by atoms with Crippen molar-refractivity contribution in [2.75, 3.05) is 13.7 Å². The van der Waals surface area contributed by atoms with Crippen molar-refractivity contribution < 1.29 is 24.1 Å². The first kappa shape index (κ1) is 24.7. The monoisotopic (exact) mass is 580 g/mol. The summed E-state index contributed by atoms with van der Waals surface area (Å²) < 4.78 is 17.6. The van der Waals surface area contributed by atoms with Gasteiger partial charge in [-0.15, -0.1) is 0 Å². The number of phenols is 1. The first-order valence-electron chi connectivity index (χ1n) is 9.95. The number of aromatic hydroxyl groups is 1. The minimum Gasteiger partial charge on any atom is -0.507 e. The Morgan fingerprint density at radius 1 is 1.18 bits per heavy atom. The van der Waals surface area contributed by atoms with Crippen molar-refractivity contribution in [1.82, 2.24) is 5.43 Å². The van der Waals surface area contributed by atoms with Crippen LogP contribution < -0.4 is 19.6 Å². The second-order valence-corrected chi connectivity index (χ2v) is 8.29. The van der Waals surface area contributed by atoms with Crippen LogP contribution in [0.25, 0.3) is 0 Å². The van der Waals surface area contributed by atoms with E-state index in [9.17, 15) is 9.90 Å². The fourth-order valence-corrected chi connectivity index (χ4v) is 3.86. The smallest absolute Gasteiger partial charge is 0.275 e. The molecule has 0 aliphatic carbocycles. The van der Waals surface area contributed by atoms with E-state index >= 15 is 0 Å². The van der Waals surface area contributed by atoms with Gasteiger partial charge in [0.1, 0.15) is 18.1 Å². The van der Waals surface area contributed by atoms with Gasteiger partial charge in [-0.3, -0.25) is 4.79 Å². The zero-order valence-corrected chi connectivity index (χ0v) is 20.9. The number of nitrogens with one attached hydrogen (secondary N) is 1. The predicted octanol–water partition coefficient (Wildman–Crippen LogP) is 5.40. The van der Waals surface area contributed by atoms with Gasteiger partial charge in [0.15, 0.2) is 11.5 Å². The molecule has 0 spiro atoms. The minimum absolute atomic E-state index is 0.0841. The Morgan fingerprint density at radius 2 is 1.97 bits per heavy atom. The largest absolute Gasteiger partial charge is 0.507 e. The molecule has 2 N–H and O–H groups in total. The first-order valence-corrected chi connectivity index (χ1v) is 11.4. The van der Waals surface area contributed by atoms with Crippen molar-refractivity contribution in [2.24, 2.45) is 5.10 Å². The summed E-state index contributed by atoms with van der Waals surface area (Å²) in [5.74, 6) is 0.849. The number of methoxy groups -OCH3 is 1. The Bertz CT molecular complexity index is 1170. The molecule has 0 saturated heterocycles. The molecule has 33 heavy (non-hydrogen) atoms. The molecule has 0 heterocycles. The number of phenolic OH excluding ortho intramolecular Hbond substituents is 1. The minimum atomic E-state index is -0.550. The van der Waals surface area contributed by atoms with Gasteiger partial charge in [-0.1, -0.05) is 29.8 Å². The summed E-state index contributed by atoms with van der Waals surface area (Å²) in [7, 11) is 1.48. The number of hydrogen-bond acceptors (Lipinski definition) is 6. The fraction of sp³-hybridized carbons (Fsp3) is 0.167. The van der Waals surface area contributed by atoms with Crippen molar-refractivity contribution in [1.29, 1.82) is 0 Å². The van der Waals surface area contributed by atoms with Crippen molar-refractivity contribution in [3.8, 4) is 23.0 Å². The molecule has 0 unspecified atom stereocenters. The van der Waals surface area contributed by atoms with Gasteiger partial charge in [0.2, 0.25) is 0 Å². The standard InChI is InChI=1S/C24H22ClIN2O5/c1-3-32-22-11-15(10-20(26)23(22)33-14-16-6-4-5-7-19(16)25)13-27-28-24(30)18-9-8-17(31-2)12-21(18)29/h4-13,29H,3,14H2,1-2H3,(H,28,30)/b27-13-. The zero-order valence-electron chi connectivity index (χ0n) is 18.0. The van der Waals surface area contributed by atoms with Crippen LogP contribution in [0.1, 0.15) is 28.4 Å². The first-order chi connectivity index (χ1) is 15.9. The number of hydrogen-bond donors (Lipinski definition) is 2. The normalized spacial score (nSPS) is 10.8. The summed E-state index contributed by atoms with van der Waals surface area (Å²) in [4.78, 5) is 12.3. The van der Waals surface area contributed by atoms with E-state index in [4.69, 9.17) is 25.8 Å². The Kier molecular flexibility index (Phi) is 8.79. The predicted molar refractivity (Wildman–Crippen MR) is 136 cm³/mol. The number of nitrogens with zero attached hydrogens (tertiary/aromatic N) is 1. The van der Waals surface area contributed by atoms with Gasteiger partial charge >= 0.3 is 0 Å². The lowest BCUT2D eigenvalue weighted by Gasteiger charge is -2.15. The lowest BCUT2D eigenvalue weighted by atomic mass is 10.2. The Labute approximate surface area is 210 Å². The van der Waals surface area contributed by atoms with Crippen LogP contribution in [0.15, 0.2) is 59.7 Å². The summed E-state index contributed by atoms with van der Waals surface area (Å²) >= 11 is 8.38. The molecule has 0 aliphatic heterocycles. The zero-order chi connectivity index (χ0) is 23.8. The lowest BCUT2D eigenvalue weighted by molar-refractivity contribution is 0.0952. The maximum Gasteiger partial charge on any atom is 0.275 e. The molecule has 0 fully saturated rings. The number of carbonyl (C=O) groups excluding carboxylic acids is 1. The lowest BCUT2D eigenvalue weighted by Crippen LogP contribution is -2.17. The number of amides is 1. The van der Waals surface area contributed by atoms with Crippen LogP contribution in [0.3, 0.4) is 0 Å². The highest BCUT2D eigenvalue weighted by Crippen LogP contribution is 2.35. The van der Waals surface area contributed by atoms with E-state index in [2.05, 4.69) is 33.1 Å². The van der Waals surface area contributed by atoms with E-state index in [-0.39, 0.29) is 11.3 Å². The average Bonchev–Trinajstić information content (AvgIpc) is 2.79. The van der Waals surface area contributed by atoms with Gasteiger partial charge in [0, 0.05) is 16.7 Å². The maximum atomic E-state index is 12.3. The number of hydrazone groups is 1. The Balaban J connectivity index is 1.73. The third-order valence-corrected chi connectivity index (χ3v) is 5.66. The van der Waals surface area contributed by atoms with Crippen molar-refractivity contribution in [3.05, 3.63) is 79.9 Å². The van der Waals surface area contributed by atoms with Gasteiger partial charge in [0.25, 0.3) is 5.91 Å². The molecule has 3 rings (SSSR count). The molecular formula is C24H22ClIN2O5. The summed E-state index contributed by atoms with van der Waals surface area (Å²) in [6.07, 6.45) is 1.49. The highest BCUT2D eigenvalue weighted by molar-refractivity contribution is 14.1. The molecule has 0 saturated carbocycles. The number of benzene rings is 3. The molecular weight excluding hydrogens is 559 g/mol. The summed E-state index contributed by atoms with van der Waals surface area (Å²) in [5, 5.41) is 14.6. The highest BCUT2D eigenvalue weighted by Gasteiger charge is 2.14. The van der Waals surface area contributed by atoms with E-state index in [1.807, 2.05) is 37.3 Å². The van der Waals surface area contributed by atoms with E-state index in [0.29, 0.717) is 41.0 Å². The number of ether oxygens (including phenoxy) is 3. The van der Waals surface area contributed by atoms with Crippen LogP contribution in [0, 0.1) is 3.57 Å². The van der Waals surface area contributed by atoms with Crippen LogP contribution in [-0.4, -0.2) is 30.9 Å². The topological polar surface area (TPSA) is 89.4 Å². The molecule has 172 valence electrons. The molecule has 3 aromatic rings. The van der Waals surface area contributed by atoms with Crippen LogP contribution in [-0.2, 0) is 6.61 Å². The summed E-state index contributed by atoms with van der Waals surface area (Å²) in [6.45, 7) is 2.63. The quantitative estimate of drug-likeness (QED) is 0.201. The Morgan fingerprint density at radius 3 is 2.67 bits per heavy atom. The van der Waals surface area contributed by atoms with Crippen molar-refractivity contribution in [3.63, 3.8) is 0 Å². The van der Waals surface area contributed by atoms with Gasteiger partial charge in [-0.05, 0) is 65.4 Å². The Hall–Kier alpha value is -2.98. The fourth-order valence-electron chi connectivity index (χ4n) is 2.89. The number of rotatable bonds is 9. The van der Waals surface area contributed by atoms with Gasteiger partial charge in [0.05, 0.1) is 29.1 Å². The molecule has 0 bridgehead atoms. The van der Waals surface area contributed by atoms with Gasteiger partial charge < -0.3 is 19.3 Å². The third-order valence-electron chi connectivity index (χ3n) is 4.49. The molecule has 0 radical (unpaired) electrons. The molecule has 9 heteroatoms. The average molecular weight is 581 g/mol. The van der Waals surface area contributed by atoms with E-state index < -0.39 is 5.91 Å². The SMILES string of the molecule is CCOc1cc(/C=N\NC(=O)c2ccc(OC)cc2O)cc(I)c1OCc1ccccc1Cl. The highest BCUT2D eigenvalue weighted by atomic mass is 127. The third kappa shape index (κ3) is 6.52. The second-order valence-electron chi connectivity index (χ2n) is 6.73. The van der Waals surface area contributed by atoms with Crippen LogP contribution >= 0.6 is 34.2 Å².